The van der Waals surface area contributed by atoms with E-state index < -0.39 is 60.1 Å². The smallest absolute Gasteiger partial charge is 0.295 e. The predicted molar refractivity (Wildman–Crippen MR) is 251 cm³/mol. The Morgan fingerprint density at radius 2 is 1.54 bits per heavy atom. The molecule has 1 aromatic carbocycles. The number of methoxy groups -OCH3 is 2. The molecule has 1 aromatic rings. The average molecular weight is 954 g/mol. The molecular weight excluding hydrogens is 878 g/mol. The summed E-state index contributed by atoms with van der Waals surface area (Å²) in [5.41, 5.74) is 0.261. The molecule has 0 aromatic heterocycles. The second kappa shape index (κ2) is 25.5. The summed E-state index contributed by atoms with van der Waals surface area (Å²) in [4.78, 5) is 112. The van der Waals surface area contributed by atoms with Gasteiger partial charge in [0.25, 0.3) is 18.3 Å². The lowest BCUT2D eigenvalue weighted by Gasteiger charge is -2.41. The third kappa shape index (κ3) is 13.8. The van der Waals surface area contributed by atoms with Crippen molar-refractivity contribution in [1.82, 2.24) is 24.9 Å². The Morgan fingerprint density at radius 3 is 2.12 bits per heavy atom. The van der Waals surface area contributed by atoms with Crippen LogP contribution in [0.2, 0.25) is 0 Å². The van der Waals surface area contributed by atoms with E-state index in [-0.39, 0.29) is 109 Å². The van der Waals surface area contributed by atoms with E-state index in [9.17, 15) is 42.7 Å². The van der Waals surface area contributed by atoms with Crippen LogP contribution in [0.3, 0.4) is 0 Å². The van der Waals surface area contributed by atoms with Gasteiger partial charge in [0.2, 0.25) is 23.6 Å². The number of Topliss-reactive ketones (excluding diaryl/α,β-unsaturated/α-hetero) is 1. The standard InChI is InChI=1S/C51H76FN5O11/c1-12-32(6)48(55(9)51(65)36(30(2)3)27-40(59)47(31(4)5)54(8)43(60)20-14-13-17-23-56-44(61)21-22-45(56)62)41(66-10)28-46(63)57-38-24-35(38)25-39(57)49(67-11)33(7)50(64)53-42(68-29-58)26-34-18-15-16-19-37(34)52/h15-16,18-19,21-22,29-33,35-36,38-39,41-42,47-49H,12-14,17,20,23-28H2,1-11H3,(H,53,64)/t32-,33+,35-,36-,38-,39-,41+,42+,47-,48-,49+/m0/s1. The average Bonchev–Trinajstić information content (AvgIpc) is 3.84. The lowest BCUT2D eigenvalue weighted by molar-refractivity contribution is -0.151. The summed E-state index contributed by atoms with van der Waals surface area (Å²) >= 11 is 0. The van der Waals surface area contributed by atoms with Crippen LogP contribution < -0.4 is 5.32 Å². The molecule has 1 saturated carbocycles. The molecule has 17 heteroatoms. The molecule has 4 rings (SSSR count). The van der Waals surface area contributed by atoms with Gasteiger partial charge in [0.1, 0.15) is 5.82 Å². The second-order valence-electron chi connectivity index (χ2n) is 19.7. The second-order valence-corrected chi connectivity index (χ2v) is 19.7. The molecule has 1 aliphatic carbocycles. The van der Waals surface area contributed by atoms with Gasteiger partial charge in [-0.25, -0.2) is 4.39 Å². The van der Waals surface area contributed by atoms with Crippen LogP contribution in [0, 0.1) is 41.3 Å². The van der Waals surface area contributed by atoms with Gasteiger partial charge in [-0.05, 0) is 61.0 Å². The number of fused-ring (bicyclic) bond motifs is 1. The quantitative estimate of drug-likeness (QED) is 0.0487. The molecule has 0 unspecified atom stereocenters. The molecular formula is C51H76FN5O11. The first-order valence-electron chi connectivity index (χ1n) is 24.3. The summed E-state index contributed by atoms with van der Waals surface area (Å²) in [6.07, 6.45) is 3.63. The number of carbonyl (C=O) groups is 8. The lowest BCUT2D eigenvalue weighted by Crippen LogP contribution is -2.55. The zero-order valence-electron chi connectivity index (χ0n) is 42.0. The highest BCUT2D eigenvalue weighted by Gasteiger charge is 2.57. The third-order valence-electron chi connectivity index (χ3n) is 14.4. The van der Waals surface area contributed by atoms with E-state index in [1.165, 1.54) is 48.3 Å². The summed E-state index contributed by atoms with van der Waals surface area (Å²) in [5, 5.41) is 2.71. The molecule has 68 heavy (non-hydrogen) atoms. The van der Waals surface area contributed by atoms with E-state index in [1.54, 1.807) is 38.1 Å². The molecule has 2 fully saturated rings. The normalized spacial score (nSPS) is 21.1. The van der Waals surface area contributed by atoms with Gasteiger partial charge in [0.15, 0.2) is 12.0 Å². The number of piperidine rings is 1. The highest BCUT2D eigenvalue weighted by Crippen LogP contribution is 2.50. The number of hydrogen-bond acceptors (Lipinski definition) is 11. The van der Waals surface area contributed by atoms with E-state index >= 15 is 0 Å². The zero-order chi connectivity index (χ0) is 50.6. The van der Waals surface area contributed by atoms with Crippen molar-refractivity contribution in [2.75, 3.05) is 34.9 Å². The van der Waals surface area contributed by atoms with Gasteiger partial charge >= 0.3 is 0 Å². The fourth-order valence-electron chi connectivity index (χ4n) is 10.3. The number of hydrogen-bond donors (Lipinski definition) is 1. The lowest BCUT2D eigenvalue weighted by atomic mass is 9.83. The van der Waals surface area contributed by atoms with Crippen molar-refractivity contribution >= 4 is 47.7 Å². The number of likely N-dealkylation sites (tertiary alicyclic amines) is 1. The van der Waals surface area contributed by atoms with E-state index in [2.05, 4.69) is 5.32 Å². The van der Waals surface area contributed by atoms with E-state index in [0.29, 0.717) is 32.1 Å². The summed E-state index contributed by atoms with van der Waals surface area (Å²) in [6, 6.07) is 4.19. The Morgan fingerprint density at radius 1 is 0.882 bits per heavy atom. The molecule has 3 aliphatic rings. The summed E-state index contributed by atoms with van der Waals surface area (Å²) in [6.45, 7) is 13.7. The van der Waals surface area contributed by atoms with Gasteiger partial charge in [-0.1, -0.05) is 79.5 Å². The molecule has 16 nitrogen and oxygen atoms in total. The molecule has 11 atom stereocenters. The fraction of sp³-hybridized carbons (Fsp3) is 0.686. The van der Waals surface area contributed by atoms with Crippen LogP contribution in [0.15, 0.2) is 36.4 Å². The van der Waals surface area contributed by atoms with E-state index in [0.717, 1.165) is 6.42 Å². The SMILES string of the molecule is CC[C@H](C)[C@@H]([C@@H](CC(=O)N1[C@H]2C[C@H]2C[C@H]1[C@H](OC)[C@@H](C)C(=O)N[C@@H](Cc1ccccc1F)OC=O)OC)N(C)C(=O)[C@@H](CC(=O)[C@H](C(C)C)N(C)C(=O)CCCCCN1C(=O)C=CC1=O)C(C)C. The van der Waals surface area contributed by atoms with Crippen molar-refractivity contribution in [1.29, 1.82) is 0 Å². The van der Waals surface area contributed by atoms with Crippen molar-refractivity contribution in [3.8, 4) is 0 Å². The molecule has 2 aliphatic heterocycles. The van der Waals surface area contributed by atoms with Crippen molar-refractivity contribution < 1.29 is 57.0 Å². The minimum Gasteiger partial charge on any atom is -0.444 e. The number of halogens is 1. The maximum absolute atomic E-state index is 14.7. The van der Waals surface area contributed by atoms with Gasteiger partial charge in [0, 0.05) is 78.2 Å². The monoisotopic (exact) mass is 954 g/mol. The number of unbranched alkanes of at least 4 members (excludes halogenated alkanes) is 2. The molecule has 2 heterocycles. The zero-order valence-corrected chi connectivity index (χ0v) is 42.0. The number of nitrogens with one attached hydrogen (secondary N) is 1. The van der Waals surface area contributed by atoms with Crippen molar-refractivity contribution in [3.63, 3.8) is 0 Å². The number of rotatable bonds is 29. The van der Waals surface area contributed by atoms with Crippen LogP contribution in [0.1, 0.15) is 112 Å². The topological polar surface area (TPSA) is 189 Å². The Hall–Kier alpha value is -5.03. The minimum atomic E-state index is -1.14. The van der Waals surface area contributed by atoms with Gasteiger partial charge in [-0.2, -0.15) is 0 Å². The van der Waals surface area contributed by atoms with Crippen LogP contribution in [-0.4, -0.2) is 145 Å². The minimum absolute atomic E-state index is 0.0433. The number of amides is 6. The molecule has 1 saturated heterocycles. The highest BCUT2D eigenvalue weighted by molar-refractivity contribution is 6.12. The van der Waals surface area contributed by atoms with Crippen LogP contribution in [0.25, 0.3) is 0 Å². The number of nitrogens with zero attached hydrogens (tertiary/aromatic N) is 4. The van der Waals surface area contributed by atoms with Gasteiger partial charge in [-0.3, -0.25) is 43.3 Å². The maximum atomic E-state index is 14.7. The van der Waals surface area contributed by atoms with Crippen LogP contribution >= 0.6 is 0 Å². The maximum Gasteiger partial charge on any atom is 0.295 e. The molecule has 6 amide bonds. The van der Waals surface area contributed by atoms with Crippen molar-refractivity contribution in [2.45, 2.75) is 155 Å². The first kappa shape index (κ1) is 55.6. The summed E-state index contributed by atoms with van der Waals surface area (Å²) < 4.78 is 31.7. The number of imide groups is 1. The van der Waals surface area contributed by atoms with Crippen LogP contribution in [-0.2, 0) is 59.0 Å². The van der Waals surface area contributed by atoms with E-state index in [4.69, 9.17) is 14.2 Å². The Balaban J connectivity index is 1.44. The molecule has 0 bridgehead atoms. The fourth-order valence-corrected chi connectivity index (χ4v) is 10.3. The van der Waals surface area contributed by atoms with Gasteiger partial charge in [0.05, 0.1) is 42.7 Å². The molecule has 0 radical (unpaired) electrons. The number of carbonyl (C=O) groups excluding carboxylic acids is 8. The predicted octanol–water partition coefficient (Wildman–Crippen LogP) is 5.10. The van der Waals surface area contributed by atoms with Gasteiger partial charge in [-0.15, -0.1) is 0 Å². The third-order valence-corrected chi connectivity index (χ3v) is 14.4. The number of benzene rings is 1. The molecule has 0 spiro atoms. The van der Waals surface area contributed by atoms with Crippen LogP contribution in [0.4, 0.5) is 4.39 Å². The Bertz CT molecular complexity index is 1960. The van der Waals surface area contributed by atoms with Crippen molar-refractivity contribution in [3.05, 3.63) is 47.8 Å². The van der Waals surface area contributed by atoms with Crippen molar-refractivity contribution in [2.24, 2.45) is 35.5 Å². The Kier molecular flexibility index (Phi) is 20.9. The largest absolute Gasteiger partial charge is 0.444 e. The van der Waals surface area contributed by atoms with Gasteiger partial charge < -0.3 is 34.2 Å². The summed E-state index contributed by atoms with van der Waals surface area (Å²) in [5.74, 6) is -4.44. The molecule has 378 valence electrons. The molecule has 1 N–H and O–H groups in total. The first-order chi connectivity index (χ1) is 32.2. The highest BCUT2D eigenvalue weighted by atomic mass is 19.1. The number of ether oxygens (including phenoxy) is 3. The number of likely N-dealkylation sites (N-methyl/N-ethyl adjacent to an activating group) is 2. The first-order valence-corrected chi connectivity index (χ1v) is 24.3. The number of ketones is 1. The Labute approximate surface area is 402 Å². The summed E-state index contributed by atoms with van der Waals surface area (Å²) in [7, 11) is 6.32. The van der Waals surface area contributed by atoms with Crippen LogP contribution in [0.5, 0.6) is 0 Å². The van der Waals surface area contributed by atoms with E-state index in [1.807, 2.05) is 46.4 Å².